The lowest BCUT2D eigenvalue weighted by Crippen LogP contribution is -2.20. The zero-order chi connectivity index (χ0) is 18.0. The van der Waals surface area contributed by atoms with E-state index in [1.165, 1.54) is 17.8 Å². The second kappa shape index (κ2) is 6.97. The van der Waals surface area contributed by atoms with Crippen molar-refractivity contribution in [3.8, 4) is 5.75 Å². The Morgan fingerprint density at radius 2 is 1.92 bits per heavy atom. The lowest BCUT2D eigenvalue weighted by Gasteiger charge is -2.12. The van der Waals surface area contributed by atoms with E-state index in [1.807, 2.05) is 6.92 Å². The molecule has 0 saturated heterocycles. The molecule has 3 rings (SSSR count). The summed E-state index contributed by atoms with van der Waals surface area (Å²) >= 11 is 1.54. The van der Waals surface area contributed by atoms with Gasteiger partial charge in [0.1, 0.15) is 5.75 Å². The van der Waals surface area contributed by atoms with Gasteiger partial charge in [-0.05, 0) is 42.5 Å². The summed E-state index contributed by atoms with van der Waals surface area (Å²) in [5.74, 6) is 1.07. The van der Waals surface area contributed by atoms with E-state index in [-0.39, 0.29) is 16.7 Å². The molecule has 1 atom stereocenters. The summed E-state index contributed by atoms with van der Waals surface area (Å²) in [4.78, 5) is 12.9. The number of nitrogens with one attached hydrogen (secondary N) is 2. The number of hydrogen-bond donors (Lipinski definition) is 2. The van der Waals surface area contributed by atoms with Crippen LogP contribution in [0.5, 0.6) is 5.75 Å². The number of ether oxygens (including phenoxy) is 1. The Morgan fingerprint density at radius 3 is 2.60 bits per heavy atom. The van der Waals surface area contributed by atoms with E-state index in [9.17, 15) is 13.2 Å². The molecule has 0 saturated carbocycles. The number of amides is 1. The molecule has 1 aliphatic rings. The van der Waals surface area contributed by atoms with E-state index in [0.29, 0.717) is 22.9 Å². The van der Waals surface area contributed by atoms with Crippen molar-refractivity contribution in [2.45, 2.75) is 16.7 Å². The molecule has 2 aromatic rings. The fourth-order valence-electron chi connectivity index (χ4n) is 2.32. The van der Waals surface area contributed by atoms with Crippen molar-refractivity contribution in [3.63, 3.8) is 0 Å². The minimum atomic E-state index is -3.76. The van der Waals surface area contributed by atoms with E-state index in [4.69, 9.17) is 4.74 Å². The molecule has 1 heterocycles. The first-order chi connectivity index (χ1) is 11.9. The minimum absolute atomic E-state index is 0.0949. The van der Waals surface area contributed by atoms with Crippen LogP contribution in [0.1, 0.15) is 6.92 Å². The van der Waals surface area contributed by atoms with Crippen LogP contribution in [0.2, 0.25) is 0 Å². The van der Waals surface area contributed by atoms with Crippen LogP contribution in [0.25, 0.3) is 0 Å². The molecule has 0 unspecified atom stereocenters. The molecule has 0 bridgehead atoms. The molecule has 8 heteroatoms. The molecular weight excluding hydrogens is 360 g/mol. The summed E-state index contributed by atoms with van der Waals surface area (Å²) in [6.45, 7) is 1.84. The quantitative estimate of drug-likeness (QED) is 0.854. The highest BCUT2D eigenvalue weighted by Crippen LogP contribution is 2.34. The molecule has 2 aromatic carbocycles. The SMILES string of the molecule is COc1ccc(NS(=O)(=O)c2ccc3c(c2)NC(=O)[C@@H](C)CS3)cc1. The number of rotatable bonds is 4. The molecule has 0 spiro atoms. The van der Waals surface area contributed by atoms with Gasteiger partial charge in [0.15, 0.2) is 0 Å². The van der Waals surface area contributed by atoms with Gasteiger partial charge in [-0.15, -0.1) is 11.8 Å². The second-order valence-corrected chi connectivity index (χ2v) is 8.44. The predicted molar refractivity (Wildman–Crippen MR) is 98.8 cm³/mol. The van der Waals surface area contributed by atoms with E-state index in [1.54, 1.807) is 43.5 Å². The first-order valence-corrected chi connectivity index (χ1v) is 10.1. The van der Waals surface area contributed by atoms with Crippen LogP contribution in [-0.4, -0.2) is 27.2 Å². The number of sulfonamides is 1. The normalized spacial score (nSPS) is 17.2. The molecule has 2 N–H and O–H groups in total. The number of methoxy groups -OCH3 is 1. The molecule has 1 aliphatic heterocycles. The van der Waals surface area contributed by atoms with Crippen molar-refractivity contribution in [2.75, 3.05) is 22.9 Å². The molecule has 0 aromatic heterocycles. The van der Waals surface area contributed by atoms with Gasteiger partial charge in [0.2, 0.25) is 5.91 Å². The summed E-state index contributed by atoms with van der Waals surface area (Å²) in [5.41, 5.74) is 0.958. The average Bonchev–Trinajstić information content (AvgIpc) is 2.74. The van der Waals surface area contributed by atoms with Gasteiger partial charge in [-0.25, -0.2) is 8.42 Å². The number of benzene rings is 2. The highest BCUT2D eigenvalue weighted by Gasteiger charge is 2.23. The zero-order valence-electron chi connectivity index (χ0n) is 13.8. The standard InChI is InChI=1S/C17H18N2O4S2/c1-11-10-24-16-8-7-14(9-15(16)18-17(11)20)25(21,22)19-12-3-5-13(23-2)6-4-12/h3-9,11,19H,10H2,1-2H3,(H,18,20)/t11-/m0/s1. The summed E-state index contributed by atoms with van der Waals surface area (Å²) in [6.07, 6.45) is 0. The number of fused-ring (bicyclic) bond motifs is 1. The molecule has 0 aliphatic carbocycles. The van der Waals surface area contributed by atoms with Gasteiger partial charge in [0.25, 0.3) is 10.0 Å². The van der Waals surface area contributed by atoms with Crippen LogP contribution in [-0.2, 0) is 14.8 Å². The molecule has 0 fully saturated rings. The van der Waals surface area contributed by atoms with Gasteiger partial charge in [-0.3, -0.25) is 9.52 Å². The first-order valence-electron chi connectivity index (χ1n) is 7.63. The number of hydrogen-bond acceptors (Lipinski definition) is 5. The Hall–Kier alpha value is -2.19. The van der Waals surface area contributed by atoms with Crippen LogP contribution in [0.15, 0.2) is 52.3 Å². The number of anilines is 2. The van der Waals surface area contributed by atoms with Crippen LogP contribution in [0, 0.1) is 5.92 Å². The van der Waals surface area contributed by atoms with Crippen LogP contribution in [0.4, 0.5) is 11.4 Å². The van der Waals surface area contributed by atoms with Crippen molar-refractivity contribution in [2.24, 2.45) is 5.92 Å². The van der Waals surface area contributed by atoms with Gasteiger partial charge in [-0.1, -0.05) is 6.92 Å². The Bertz CT molecular complexity index is 895. The monoisotopic (exact) mass is 378 g/mol. The van der Waals surface area contributed by atoms with Crippen molar-refractivity contribution in [3.05, 3.63) is 42.5 Å². The Morgan fingerprint density at radius 1 is 1.20 bits per heavy atom. The fraction of sp³-hybridized carbons (Fsp3) is 0.235. The smallest absolute Gasteiger partial charge is 0.261 e. The summed E-state index contributed by atoms with van der Waals surface area (Å²) in [6, 6.07) is 11.4. The zero-order valence-corrected chi connectivity index (χ0v) is 15.4. The average molecular weight is 378 g/mol. The van der Waals surface area contributed by atoms with Crippen molar-refractivity contribution in [1.82, 2.24) is 0 Å². The third-order valence-electron chi connectivity index (χ3n) is 3.80. The van der Waals surface area contributed by atoms with E-state index >= 15 is 0 Å². The Balaban J connectivity index is 1.87. The lowest BCUT2D eigenvalue weighted by atomic mass is 10.2. The van der Waals surface area contributed by atoms with Gasteiger partial charge in [-0.2, -0.15) is 0 Å². The molecule has 132 valence electrons. The van der Waals surface area contributed by atoms with Crippen molar-refractivity contribution >= 4 is 39.1 Å². The highest BCUT2D eigenvalue weighted by atomic mass is 32.2. The fourth-order valence-corrected chi connectivity index (χ4v) is 4.41. The third-order valence-corrected chi connectivity index (χ3v) is 6.51. The van der Waals surface area contributed by atoms with Crippen molar-refractivity contribution in [1.29, 1.82) is 0 Å². The van der Waals surface area contributed by atoms with Crippen LogP contribution >= 0.6 is 11.8 Å². The van der Waals surface area contributed by atoms with Gasteiger partial charge >= 0.3 is 0 Å². The Labute approximate surface area is 151 Å². The largest absolute Gasteiger partial charge is 0.497 e. The molecule has 1 amide bonds. The molecule has 0 radical (unpaired) electrons. The summed E-state index contributed by atoms with van der Waals surface area (Å²) in [7, 11) is -2.22. The van der Waals surface area contributed by atoms with Gasteiger partial charge < -0.3 is 10.1 Å². The Kier molecular flexibility index (Phi) is 4.91. The molecule has 25 heavy (non-hydrogen) atoms. The van der Waals surface area contributed by atoms with Crippen molar-refractivity contribution < 1.29 is 17.9 Å². The first kappa shape index (κ1) is 17.6. The van der Waals surface area contributed by atoms with E-state index in [0.717, 1.165) is 4.90 Å². The van der Waals surface area contributed by atoms with E-state index in [2.05, 4.69) is 10.0 Å². The van der Waals surface area contributed by atoms with Crippen LogP contribution < -0.4 is 14.8 Å². The summed E-state index contributed by atoms with van der Waals surface area (Å²) in [5, 5.41) is 2.80. The van der Waals surface area contributed by atoms with E-state index < -0.39 is 10.0 Å². The molecular formula is C17H18N2O4S2. The summed E-state index contributed by atoms with van der Waals surface area (Å²) < 4.78 is 32.8. The van der Waals surface area contributed by atoms with Gasteiger partial charge in [0.05, 0.1) is 17.7 Å². The number of carbonyl (C=O) groups is 1. The topological polar surface area (TPSA) is 84.5 Å². The number of carbonyl (C=O) groups excluding carboxylic acids is 1. The predicted octanol–water partition coefficient (Wildman–Crippen LogP) is 3.18. The number of thioether (sulfide) groups is 1. The maximum atomic E-state index is 12.6. The second-order valence-electron chi connectivity index (χ2n) is 5.69. The lowest BCUT2D eigenvalue weighted by molar-refractivity contribution is -0.118. The molecule has 6 nitrogen and oxygen atoms in total. The highest BCUT2D eigenvalue weighted by molar-refractivity contribution is 7.99. The maximum Gasteiger partial charge on any atom is 0.261 e. The van der Waals surface area contributed by atoms with Crippen LogP contribution in [0.3, 0.4) is 0 Å². The minimum Gasteiger partial charge on any atom is -0.497 e. The van der Waals surface area contributed by atoms with Gasteiger partial charge in [0, 0.05) is 22.3 Å². The maximum absolute atomic E-state index is 12.6. The third kappa shape index (κ3) is 3.91.